The van der Waals surface area contributed by atoms with E-state index in [-0.39, 0.29) is 23.9 Å². The molecule has 2 aromatic rings. The molecule has 0 spiro atoms. The zero-order valence-electron chi connectivity index (χ0n) is 14.1. The van der Waals surface area contributed by atoms with E-state index in [1.807, 2.05) is 42.6 Å². The van der Waals surface area contributed by atoms with E-state index >= 15 is 0 Å². The molecular weight excluding hydrogens is 322 g/mol. The third kappa shape index (κ3) is 5.38. The standard InChI is InChI=1S/C18H23N3O2S/c1-12(17-8-5-9-24-17)11-19-18(23)20-13(2)15-6-4-7-16(10-15)21-14(3)22/h4-10,12-13H,11H2,1-3H3,(H,21,22)(H2,19,20,23)/t12-,13-/m0/s1. The van der Waals surface area contributed by atoms with Crippen LogP contribution in [-0.2, 0) is 4.79 Å². The second kappa shape index (κ2) is 8.49. The van der Waals surface area contributed by atoms with Gasteiger partial charge < -0.3 is 16.0 Å². The Kier molecular flexibility index (Phi) is 6.37. The van der Waals surface area contributed by atoms with Crippen LogP contribution >= 0.6 is 11.3 Å². The number of benzene rings is 1. The van der Waals surface area contributed by atoms with Gasteiger partial charge in [0.25, 0.3) is 0 Å². The highest BCUT2D eigenvalue weighted by Gasteiger charge is 2.12. The highest BCUT2D eigenvalue weighted by atomic mass is 32.1. The van der Waals surface area contributed by atoms with Crippen LogP contribution in [0.1, 0.15) is 43.2 Å². The molecule has 5 nitrogen and oxygen atoms in total. The van der Waals surface area contributed by atoms with Crippen LogP contribution in [0.2, 0.25) is 0 Å². The SMILES string of the molecule is CC(=O)Nc1cccc([C@H](C)NC(=O)NC[C@H](C)c2cccs2)c1. The Morgan fingerprint density at radius 2 is 1.96 bits per heavy atom. The summed E-state index contributed by atoms with van der Waals surface area (Å²) >= 11 is 1.69. The van der Waals surface area contributed by atoms with Gasteiger partial charge in [-0.3, -0.25) is 4.79 Å². The number of carbonyl (C=O) groups excluding carboxylic acids is 2. The Morgan fingerprint density at radius 3 is 2.62 bits per heavy atom. The van der Waals surface area contributed by atoms with Gasteiger partial charge in [-0.1, -0.05) is 25.1 Å². The van der Waals surface area contributed by atoms with Crippen molar-refractivity contribution >= 4 is 29.0 Å². The first-order chi connectivity index (χ1) is 11.5. The number of hydrogen-bond donors (Lipinski definition) is 3. The Balaban J connectivity index is 1.86. The van der Waals surface area contributed by atoms with Crippen LogP contribution < -0.4 is 16.0 Å². The fourth-order valence-corrected chi connectivity index (χ4v) is 3.13. The summed E-state index contributed by atoms with van der Waals surface area (Å²) in [6.07, 6.45) is 0. The lowest BCUT2D eigenvalue weighted by Gasteiger charge is -2.17. The molecular formula is C18H23N3O2S. The molecule has 1 aromatic heterocycles. The van der Waals surface area contributed by atoms with Crippen molar-refractivity contribution in [3.05, 3.63) is 52.2 Å². The molecule has 0 radical (unpaired) electrons. The summed E-state index contributed by atoms with van der Waals surface area (Å²) in [5, 5.41) is 10.6. The molecule has 0 aliphatic rings. The Hall–Kier alpha value is -2.34. The maximum absolute atomic E-state index is 12.1. The first kappa shape index (κ1) is 18.0. The molecule has 0 bridgehead atoms. The van der Waals surface area contributed by atoms with Gasteiger partial charge in [0.2, 0.25) is 5.91 Å². The predicted octanol–water partition coefficient (Wildman–Crippen LogP) is 3.87. The van der Waals surface area contributed by atoms with E-state index in [4.69, 9.17) is 0 Å². The van der Waals surface area contributed by atoms with Crippen molar-refractivity contribution in [3.63, 3.8) is 0 Å². The lowest BCUT2D eigenvalue weighted by Crippen LogP contribution is -2.38. The van der Waals surface area contributed by atoms with E-state index in [1.165, 1.54) is 11.8 Å². The molecule has 3 amide bonds. The van der Waals surface area contributed by atoms with Crippen LogP contribution in [0.15, 0.2) is 41.8 Å². The maximum Gasteiger partial charge on any atom is 0.315 e. The van der Waals surface area contributed by atoms with Crippen LogP contribution in [0.5, 0.6) is 0 Å². The van der Waals surface area contributed by atoms with E-state index in [1.54, 1.807) is 11.3 Å². The Labute approximate surface area is 146 Å². The van der Waals surface area contributed by atoms with E-state index in [9.17, 15) is 9.59 Å². The molecule has 1 aromatic carbocycles. The largest absolute Gasteiger partial charge is 0.338 e. The number of rotatable bonds is 6. The molecule has 1 heterocycles. The van der Waals surface area contributed by atoms with Gasteiger partial charge in [-0.05, 0) is 36.1 Å². The lowest BCUT2D eigenvalue weighted by molar-refractivity contribution is -0.114. The van der Waals surface area contributed by atoms with Crippen molar-refractivity contribution in [2.24, 2.45) is 0 Å². The zero-order valence-corrected chi connectivity index (χ0v) is 14.9. The maximum atomic E-state index is 12.1. The average molecular weight is 345 g/mol. The highest BCUT2D eigenvalue weighted by molar-refractivity contribution is 7.10. The van der Waals surface area contributed by atoms with E-state index in [0.717, 1.165) is 11.3 Å². The molecule has 0 saturated carbocycles. The highest BCUT2D eigenvalue weighted by Crippen LogP contribution is 2.20. The quantitative estimate of drug-likeness (QED) is 0.744. The summed E-state index contributed by atoms with van der Waals surface area (Å²) in [7, 11) is 0. The molecule has 24 heavy (non-hydrogen) atoms. The average Bonchev–Trinajstić information content (AvgIpc) is 3.06. The number of urea groups is 1. The first-order valence-electron chi connectivity index (χ1n) is 7.91. The molecule has 3 N–H and O–H groups in total. The molecule has 6 heteroatoms. The minimum absolute atomic E-state index is 0.118. The number of amides is 3. The first-order valence-corrected chi connectivity index (χ1v) is 8.79. The molecule has 128 valence electrons. The van der Waals surface area contributed by atoms with E-state index < -0.39 is 0 Å². The normalized spacial score (nSPS) is 13.0. The molecule has 0 aliphatic heterocycles. The monoisotopic (exact) mass is 345 g/mol. The van der Waals surface area contributed by atoms with Crippen LogP contribution in [0.25, 0.3) is 0 Å². The summed E-state index contributed by atoms with van der Waals surface area (Å²) < 4.78 is 0. The van der Waals surface area contributed by atoms with Crippen LogP contribution in [-0.4, -0.2) is 18.5 Å². The topological polar surface area (TPSA) is 70.2 Å². The zero-order chi connectivity index (χ0) is 17.5. The fourth-order valence-electron chi connectivity index (χ4n) is 2.34. The van der Waals surface area contributed by atoms with Crippen molar-refractivity contribution in [3.8, 4) is 0 Å². The molecule has 0 saturated heterocycles. The van der Waals surface area contributed by atoms with Gasteiger partial charge in [-0.2, -0.15) is 0 Å². The second-order valence-electron chi connectivity index (χ2n) is 5.80. The number of nitrogens with one attached hydrogen (secondary N) is 3. The van der Waals surface area contributed by atoms with Crippen molar-refractivity contribution in [2.45, 2.75) is 32.7 Å². The lowest BCUT2D eigenvalue weighted by atomic mass is 10.1. The number of hydrogen-bond acceptors (Lipinski definition) is 3. The predicted molar refractivity (Wildman–Crippen MR) is 98.4 cm³/mol. The van der Waals surface area contributed by atoms with Gasteiger partial charge in [0.05, 0.1) is 6.04 Å². The molecule has 0 unspecified atom stereocenters. The molecule has 2 rings (SSSR count). The van der Waals surface area contributed by atoms with Gasteiger partial charge >= 0.3 is 6.03 Å². The number of carbonyl (C=O) groups is 2. The smallest absolute Gasteiger partial charge is 0.315 e. The van der Waals surface area contributed by atoms with Gasteiger partial charge in [-0.25, -0.2) is 4.79 Å². The van der Waals surface area contributed by atoms with Crippen LogP contribution in [0.4, 0.5) is 10.5 Å². The second-order valence-corrected chi connectivity index (χ2v) is 6.78. The number of anilines is 1. The van der Waals surface area contributed by atoms with E-state index in [2.05, 4.69) is 28.9 Å². The molecule has 0 fully saturated rings. The minimum atomic E-state index is -0.198. The summed E-state index contributed by atoms with van der Waals surface area (Å²) in [5.41, 5.74) is 1.66. The van der Waals surface area contributed by atoms with Crippen molar-refractivity contribution in [1.82, 2.24) is 10.6 Å². The van der Waals surface area contributed by atoms with Gasteiger partial charge in [0.15, 0.2) is 0 Å². The van der Waals surface area contributed by atoms with Crippen molar-refractivity contribution < 1.29 is 9.59 Å². The summed E-state index contributed by atoms with van der Waals surface area (Å²) in [4.78, 5) is 24.5. The van der Waals surface area contributed by atoms with Gasteiger partial charge in [0, 0.05) is 30.0 Å². The third-order valence-corrected chi connectivity index (χ3v) is 4.76. The fraction of sp³-hybridized carbons (Fsp3) is 0.333. The third-order valence-electron chi connectivity index (χ3n) is 3.65. The van der Waals surface area contributed by atoms with Gasteiger partial charge in [0.1, 0.15) is 0 Å². The minimum Gasteiger partial charge on any atom is -0.338 e. The molecule has 2 atom stereocenters. The Bertz CT molecular complexity index is 685. The summed E-state index contributed by atoms with van der Waals surface area (Å²) in [5.74, 6) is 0.169. The Morgan fingerprint density at radius 1 is 1.17 bits per heavy atom. The summed E-state index contributed by atoms with van der Waals surface area (Å²) in [6.45, 7) is 6.06. The van der Waals surface area contributed by atoms with Crippen LogP contribution in [0.3, 0.4) is 0 Å². The van der Waals surface area contributed by atoms with E-state index in [0.29, 0.717) is 6.54 Å². The van der Waals surface area contributed by atoms with Crippen LogP contribution in [0, 0.1) is 0 Å². The molecule has 0 aliphatic carbocycles. The summed E-state index contributed by atoms with van der Waals surface area (Å²) in [6, 6.07) is 11.2. The van der Waals surface area contributed by atoms with Crippen molar-refractivity contribution in [2.75, 3.05) is 11.9 Å². The number of thiophene rings is 1. The van der Waals surface area contributed by atoms with Gasteiger partial charge in [-0.15, -0.1) is 11.3 Å². The van der Waals surface area contributed by atoms with Crippen molar-refractivity contribution in [1.29, 1.82) is 0 Å².